The van der Waals surface area contributed by atoms with Crippen LogP contribution >= 0.6 is 0 Å². The molecule has 1 fully saturated rings. The minimum Gasteiger partial charge on any atom is -0.383 e. The van der Waals surface area contributed by atoms with E-state index in [1.807, 2.05) is 37.6 Å². The Morgan fingerprint density at radius 2 is 1.91 bits per heavy atom. The molecule has 10 heteroatoms. The van der Waals surface area contributed by atoms with Crippen molar-refractivity contribution in [3.05, 3.63) is 42.4 Å². The number of hydrogen-bond donors (Lipinski definition) is 3. The van der Waals surface area contributed by atoms with Gasteiger partial charge in [-0.2, -0.15) is 5.10 Å². The highest BCUT2D eigenvalue weighted by molar-refractivity contribution is 6.00. The van der Waals surface area contributed by atoms with Gasteiger partial charge in [0.1, 0.15) is 17.8 Å². The van der Waals surface area contributed by atoms with Gasteiger partial charge in [0.2, 0.25) is 5.88 Å². The average molecular weight is 432 g/mol. The third kappa shape index (κ3) is 3.75. The van der Waals surface area contributed by atoms with Crippen molar-refractivity contribution in [1.82, 2.24) is 24.9 Å². The number of carbonyl (C=O) groups excluding carboxylic acids is 1. The van der Waals surface area contributed by atoms with Crippen molar-refractivity contribution in [2.75, 3.05) is 16.4 Å². The Labute approximate surface area is 184 Å². The molecule has 0 saturated heterocycles. The molecular formula is C22H24N8O2. The molecule has 2 amide bonds. The van der Waals surface area contributed by atoms with Crippen molar-refractivity contribution in [1.29, 1.82) is 0 Å². The molecule has 4 N–H and O–H groups in total. The van der Waals surface area contributed by atoms with Crippen LogP contribution in [0, 0.1) is 0 Å². The largest absolute Gasteiger partial charge is 0.383 e. The van der Waals surface area contributed by atoms with Crippen LogP contribution in [0.3, 0.4) is 0 Å². The third-order valence-corrected chi connectivity index (χ3v) is 5.34. The van der Waals surface area contributed by atoms with Gasteiger partial charge in [0.15, 0.2) is 5.65 Å². The molecule has 32 heavy (non-hydrogen) atoms. The van der Waals surface area contributed by atoms with E-state index in [0.717, 1.165) is 40.8 Å². The molecule has 3 heterocycles. The SMILES string of the molecule is CC(C)(C)c1cc(NC(=O)Nc2ccc(-c3nn(C4CC4)c4ncnc(N)c34)cc2)on1. The van der Waals surface area contributed by atoms with Crippen LogP contribution in [-0.2, 0) is 5.41 Å². The topological polar surface area (TPSA) is 137 Å². The van der Waals surface area contributed by atoms with E-state index in [2.05, 4.69) is 25.8 Å². The standard InChI is InChI=1S/C22H24N8O2/c1-22(2,3)15-10-16(32-29-15)27-21(31)26-13-6-4-12(5-7-13)18-17-19(23)24-11-25-20(17)30(28-18)14-8-9-14/h4-7,10-11,14H,8-9H2,1-3H3,(H2,23,24,25)(H2,26,27,31). The first-order valence-electron chi connectivity index (χ1n) is 10.4. The number of fused-ring (bicyclic) bond motifs is 1. The van der Waals surface area contributed by atoms with Crippen molar-refractivity contribution >= 4 is 34.5 Å². The normalized spacial score (nSPS) is 14.0. The summed E-state index contributed by atoms with van der Waals surface area (Å²) in [6, 6.07) is 9.03. The minimum atomic E-state index is -0.421. The number of nitrogens with zero attached hydrogens (tertiary/aromatic N) is 5. The number of nitrogen functional groups attached to an aromatic ring is 1. The van der Waals surface area contributed by atoms with Gasteiger partial charge in [-0.1, -0.05) is 38.1 Å². The van der Waals surface area contributed by atoms with Crippen LogP contribution in [0.1, 0.15) is 45.3 Å². The van der Waals surface area contributed by atoms with Gasteiger partial charge in [0.25, 0.3) is 0 Å². The second-order valence-corrected chi connectivity index (χ2v) is 8.96. The zero-order valence-electron chi connectivity index (χ0n) is 18.1. The van der Waals surface area contributed by atoms with E-state index in [0.29, 0.717) is 17.5 Å². The maximum absolute atomic E-state index is 12.3. The Morgan fingerprint density at radius 1 is 1.16 bits per heavy atom. The summed E-state index contributed by atoms with van der Waals surface area (Å²) < 4.78 is 7.14. The van der Waals surface area contributed by atoms with Crippen LogP contribution in [0.4, 0.5) is 22.2 Å². The van der Waals surface area contributed by atoms with Crippen LogP contribution < -0.4 is 16.4 Å². The molecule has 0 unspecified atom stereocenters. The van der Waals surface area contributed by atoms with Gasteiger partial charge in [-0.15, -0.1) is 0 Å². The van der Waals surface area contributed by atoms with E-state index < -0.39 is 6.03 Å². The number of nitrogens with two attached hydrogens (primary N) is 1. The van der Waals surface area contributed by atoms with Crippen LogP contribution in [0.5, 0.6) is 0 Å². The zero-order valence-corrected chi connectivity index (χ0v) is 18.1. The van der Waals surface area contributed by atoms with Crippen molar-refractivity contribution in [3.8, 4) is 11.3 Å². The van der Waals surface area contributed by atoms with Crippen molar-refractivity contribution in [2.24, 2.45) is 0 Å². The Hall–Kier alpha value is -3.95. The lowest BCUT2D eigenvalue weighted by atomic mass is 9.92. The first-order valence-corrected chi connectivity index (χ1v) is 10.4. The van der Waals surface area contributed by atoms with Crippen LogP contribution in [0.25, 0.3) is 22.3 Å². The van der Waals surface area contributed by atoms with Gasteiger partial charge in [0.05, 0.1) is 17.1 Å². The Kier molecular flexibility index (Phi) is 4.58. The van der Waals surface area contributed by atoms with Gasteiger partial charge in [-0.3, -0.25) is 5.32 Å². The Balaban J connectivity index is 1.34. The maximum atomic E-state index is 12.3. The summed E-state index contributed by atoms with van der Waals surface area (Å²) in [5, 5.41) is 15.0. The van der Waals surface area contributed by atoms with Crippen LogP contribution in [-0.4, -0.2) is 30.9 Å². The van der Waals surface area contributed by atoms with E-state index in [1.54, 1.807) is 18.2 Å². The second kappa shape index (κ2) is 7.33. The lowest BCUT2D eigenvalue weighted by Crippen LogP contribution is -2.19. The molecule has 1 saturated carbocycles. The summed E-state index contributed by atoms with van der Waals surface area (Å²) in [5.74, 6) is 0.691. The fraction of sp³-hybridized carbons (Fsp3) is 0.318. The Morgan fingerprint density at radius 3 is 2.56 bits per heavy atom. The van der Waals surface area contributed by atoms with Crippen molar-refractivity contribution in [2.45, 2.75) is 45.1 Å². The number of amides is 2. The van der Waals surface area contributed by atoms with Gasteiger partial charge < -0.3 is 15.6 Å². The number of carbonyl (C=O) groups is 1. The predicted molar refractivity (Wildman–Crippen MR) is 121 cm³/mol. The van der Waals surface area contributed by atoms with Crippen molar-refractivity contribution in [3.63, 3.8) is 0 Å². The number of benzene rings is 1. The predicted octanol–water partition coefficient (Wildman–Crippen LogP) is 4.34. The van der Waals surface area contributed by atoms with E-state index >= 15 is 0 Å². The summed E-state index contributed by atoms with van der Waals surface area (Å²) in [5.41, 5.74) is 9.71. The summed E-state index contributed by atoms with van der Waals surface area (Å²) in [7, 11) is 0. The number of aromatic nitrogens is 5. The molecule has 0 aliphatic heterocycles. The molecule has 4 aromatic rings. The molecule has 0 bridgehead atoms. The molecule has 1 aromatic carbocycles. The number of rotatable bonds is 4. The summed E-state index contributed by atoms with van der Waals surface area (Å²) in [4.78, 5) is 20.9. The lowest BCUT2D eigenvalue weighted by Gasteiger charge is -2.12. The third-order valence-electron chi connectivity index (χ3n) is 5.34. The maximum Gasteiger partial charge on any atom is 0.326 e. The molecule has 3 aromatic heterocycles. The zero-order chi connectivity index (χ0) is 22.5. The molecular weight excluding hydrogens is 408 g/mol. The van der Waals surface area contributed by atoms with Gasteiger partial charge in [0, 0.05) is 22.7 Å². The first-order chi connectivity index (χ1) is 15.3. The molecule has 0 radical (unpaired) electrons. The fourth-order valence-corrected chi connectivity index (χ4v) is 3.44. The summed E-state index contributed by atoms with van der Waals surface area (Å²) in [6.45, 7) is 6.06. The smallest absolute Gasteiger partial charge is 0.326 e. The molecule has 0 atom stereocenters. The number of hydrogen-bond acceptors (Lipinski definition) is 7. The molecule has 10 nitrogen and oxygen atoms in total. The molecule has 0 spiro atoms. The van der Waals surface area contributed by atoms with E-state index in [-0.39, 0.29) is 11.3 Å². The molecule has 5 rings (SSSR count). The summed E-state index contributed by atoms with van der Waals surface area (Å²) >= 11 is 0. The average Bonchev–Trinajstić information content (AvgIpc) is 3.33. The van der Waals surface area contributed by atoms with Gasteiger partial charge in [-0.05, 0) is 25.0 Å². The first kappa shape index (κ1) is 20.0. The quantitative estimate of drug-likeness (QED) is 0.436. The fourth-order valence-electron chi connectivity index (χ4n) is 3.44. The number of urea groups is 1. The van der Waals surface area contributed by atoms with Gasteiger partial charge in [-0.25, -0.2) is 19.4 Å². The summed E-state index contributed by atoms with van der Waals surface area (Å²) in [6.07, 6.45) is 3.63. The highest BCUT2D eigenvalue weighted by atomic mass is 16.5. The second-order valence-electron chi connectivity index (χ2n) is 8.96. The monoisotopic (exact) mass is 432 g/mol. The molecule has 164 valence electrons. The number of anilines is 3. The number of nitrogens with one attached hydrogen (secondary N) is 2. The minimum absolute atomic E-state index is 0.166. The molecule has 1 aliphatic rings. The highest BCUT2D eigenvalue weighted by Crippen LogP contribution is 2.40. The van der Waals surface area contributed by atoms with Gasteiger partial charge >= 0.3 is 6.03 Å². The molecule has 1 aliphatic carbocycles. The highest BCUT2D eigenvalue weighted by Gasteiger charge is 2.29. The lowest BCUT2D eigenvalue weighted by molar-refractivity contribution is 0.261. The van der Waals surface area contributed by atoms with E-state index in [9.17, 15) is 4.79 Å². The Bertz CT molecular complexity index is 1300. The van der Waals surface area contributed by atoms with Crippen LogP contribution in [0.2, 0.25) is 0 Å². The van der Waals surface area contributed by atoms with Crippen molar-refractivity contribution < 1.29 is 9.32 Å². The van der Waals surface area contributed by atoms with E-state index in [4.69, 9.17) is 15.4 Å². The van der Waals surface area contributed by atoms with E-state index in [1.165, 1.54) is 6.33 Å². The van der Waals surface area contributed by atoms with Crippen LogP contribution in [0.15, 0.2) is 41.2 Å².